The monoisotopic (exact) mass is 336 g/mol. The fraction of sp³-hybridized carbons (Fsp3) is 0.286. The molecule has 0 N–H and O–H groups in total. The summed E-state index contributed by atoms with van der Waals surface area (Å²) in [6.45, 7) is 4.17. The van der Waals surface area contributed by atoms with Crippen molar-refractivity contribution < 1.29 is 19.0 Å². The van der Waals surface area contributed by atoms with Gasteiger partial charge in [-0.1, -0.05) is 36.9 Å². The van der Waals surface area contributed by atoms with Crippen LogP contribution in [0.25, 0.3) is 6.08 Å². The summed E-state index contributed by atoms with van der Waals surface area (Å²) < 4.78 is 17.4. The van der Waals surface area contributed by atoms with Crippen LogP contribution in [-0.4, -0.2) is 11.8 Å². The quantitative estimate of drug-likeness (QED) is 0.757. The van der Waals surface area contributed by atoms with Crippen LogP contribution in [0.15, 0.2) is 49.0 Å². The summed E-state index contributed by atoms with van der Waals surface area (Å²) in [4.78, 5) is 12.4. The summed E-state index contributed by atoms with van der Waals surface area (Å²) in [5, 5.41) is 0. The van der Waals surface area contributed by atoms with Crippen molar-refractivity contribution in [3.05, 3.63) is 65.7 Å². The normalized spacial score (nSPS) is 17.5. The van der Waals surface area contributed by atoms with Crippen molar-refractivity contribution in [2.24, 2.45) is 0 Å². The Kier molecular flexibility index (Phi) is 3.96. The molecule has 2 aliphatic rings. The molecule has 1 fully saturated rings. The van der Waals surface area contributed by atoms with Crippen LogP contribution < -0.4 is 9.47 Å². The van der Waals surface area contributed by atoms with Crippen molar-refractivity contribution >= 4 is 12.0 Å². The number of hydrogen-bond acceptors (Lipinski definition) is 4. The first-order valence-corrected chi connectivity index (χ1v) is 8.58. The van der Waals surface area contributed by atoms with Crippen LogP contribution in [0, 0.1) is 0 Å². The highest BCUT2D eigenvalue weighted by molar-refractivity contribution is 5.94. The van der Waals surface area contributed by atoms with Crippen molar-refractivity contribution in [2.45, 2.75) is 38.1 Å². The number of hydrogen-bond donors (Lipinski definition) is 0. The molecule has 1 spiro atoms. The number of rotatable bonds is 4. The topological polar surface area (TPSA) is 44.8 Å². The van der Waals surface area contributed by atoms with E-state index in [1.807, 2.05) is 30.3 Å². The molecule has 0 saturated heterocycles. The van der Waals surface area contributed by atoms with E-state index in [-0.39, 0.29) is 5.97 Å². The molecule has 0 radical (unpaired) electrons. The minimum Gasteiger partial charge on any atom is -0.489 e. The van der Waals surface area contributed by atoms with Crippen LogP contribution in [0.2, 0.25) is 0 Å². The van der Waals surface area contributed by atoms with Gasteiger partial charge in [0.05, 0.1) is 0 Å². The van der Waals surface area contributed by atoms with Crippen molar-refractivity contribution in [3.8, 4) is 11.5 Å². The molecule has 1 aliphatic carbocycles. The van der Waals surface area contributed by atoms with E-state index < -0.39 is 5.79 Å². The molecule has 25 heavy (non-hydrogen) atoms. The van der Waals surface area contributed by atoms with E-state index in [9.17, 15) is 4.79 Å². The number of ether oxygens (including phenoxy) is 3. The standard InChI is InChI=1S/C21H20O4/c1-2-15-5-7-16(8-6-15)14-23-17-9-10-19-18(13-17)20(22)25-21(24-19)11-3-4-12-21/h2,5-10,13H,1,3-4,11-12,14H2. The van der Waals surface area contributed by atoms with Gasteiger partial charge in [0.1, 0.15) is 23.7 Å². The SMILES string of the molecule is C=Cc1ccc(COc2ccc3c(c2)C(=O)OC2(CCCC2)O3)cc1. The summed E-state index contributed by atoms with van der Waals surface area (Å²) in [6.07, 6.45) is 5.37. The molecule has 4 rings (SSSR count). The summed E-state index contributed by atoms with van der Waals surface area (Å²) >= 11 is 0. The fourth-order valence-corrected chi connectivity index (χ4v) is 3.33. The van der Waals surface area contributed by atoms with Crippen molar-refractivity contribution in [3.63, 3.8) is 0 Å². The molecular formula is C21H20O4. The Balaban J connectivity index is 1.48. The molecule has 0 unspecified atom stereocenters. The van der Waals surface area contributed by atoms with Gasteiger partial charge in [0.15, 0.2) is 0 Å². The second-order valence-electron chi connectivity index (χ2n) is 6.50. The first-order chi connectivity index (χ1) is 12.2. The third-order valence-corrected chi connectivity index (χ3v) is 4.73. The zero-order valence-electron chi connectivity index (χ0n) is 14.0. The maximum absolute atomic E-state index is 12.4. The molecule has 1 heterocycles. The second-order valence-corrected chi connectivity index (χ2v) is 6.50. The van der Waals surface area contributed by atoms with E-state index in [1.54, 1.807) is 18.2 Å². The highest BCUT2D eigenvalue weighted by atomic mass is 16.7. The zero-order chi connectivity index (χ0) is 17.3. The van der Waals surface area contributed by atoms with Crippen LogP contribution in [0.4, 0.5) is 0 Å². The maximum atomic E-state index is 12.4. The second kappa shape index (κ2) is 6.28. The Morgan fingerprint density at radius 3 is 2.56 bits per heavy atom. The van der Waals surface area contributed by atoms with E-state index in [0.29, 0.717) is 23.7 Å². The molecule has 2 aromatic rings. The number of esters is 1. The smallest absolute Gasteiger partial charge is 0.345 e. The number of fused-ring (bicyclic) bond motifs is 1. The highest BCUT2D eigenvalue weighted by Gasteiger charge is 2.44. The molecule has 1 saturated carbocycles. The molecule has 0 amide bonds. The van der Waals surface area contributed by atoms with Crippen LogP contribution in [0.5, 0.6) is 11.5 Å². The molecule has 0 bridgehead atoms. The number of carbonyl (C=O) groups excluding carboxylic acids is 1. The first kappa shape index (κ1) is 15.8. The predicted octanol–water partition coefficient (Wildman–Crippen LogP) is 4.73. The maximum Gasteiger partial charge on any atom is 0.345 e. The predicted molar refractivity (Wildman–Crippen MR) is 94.5 cm³/mol. The Hall–Kier alpha value is -2.75. The van der Waals surface area contributed by atoms with Crippen LogP contribution >= 0.6 is 0 Å². The Labute approximate surface area is 147 Å². The summed E-state index contributed by atoms with van der Waals surface area (Å²) in [5.74, 6) is 0.124. The van der Waals surface area contributed by atoms with Gasteiger partial charge in [0, 0.05) is 12.8 Å². The average molecular weight is 336 g/mol. The molecular weight excluding hydrogens is 316 g/mol. The first-order valence-electron chi connectivity index (χ1n) is 8.58. The van der Waals surface area contributed by atoms with Gasteiger partial charge in [-0.3, -0.25) is 0 Å². The fourth-order valence-electron chi connectivity index (χ4n) is 3.33. The molecule has 0 aromatic heterocycles. The van der Waals surface area contributed by atoms with Gasteiger partial charge in [0.25, 0.3) is 5.79 Å². The van der Waals surface area contributed by atoms with Crippen LogP contribution in [0.3, 0.4) is 0 Å². The third kappa shape index (κ3) is 3.12. The van der Waals surface area contributed by atoms with Gasteiger partial charge >= 0.3 is 5.97 Å². The molecule has 4 heteroatoms. The Morgan fingerprint density at radius 1 is 1.08 bits per heavy atom. The lowest BCUT2D eigenvalue weighted by Gasteiger charge is -2.34. The average Bonchev–Trinajstić information content (AvgIpc) is 3.08. The van der Waals surface area contributed by atoms with Gasteiger partial charge in [-0.25, -0.2) is 4.79 Å². The minimum absolute atomic E-state index is 0.330. The lowest BCUT2D eigenvalue weighted by molar-refractivity contribution is -0.148. The minimum atomic E-state index is -0.751. The Morgan fingerprint density at radius 2 is 1.84 bits per heavy atom. The van der Waals surface area contributed by atoms with Gasteiger partial charge in [0.2, 0.25) is 0 Å². The van der Waals surface area contributed by atoms with Crippen LogP contribution in [0.1, 0.15) is 47.2 Å². The van der Waals surface area contributed by atoms with Gasteiger partial charge in [-0.05, 0) is 42.2 Å². The number of carbonyl (C=O) groups is 1. The lowest BCUT2D eigenvalue weighted by Crippen LogP contribution is -2.42. The molecule has 128 valence electrons. The van der Waals surface area contributed by atoms with E-state index in [0.717, 1.165) is 36.8 Å². The largest absolute Gasteiger partial charge is 0.489 e. The lowest BCUT2D eigenvalue weighted by atomic mass is 10.1. The molecule has 1 aliphatic heterocycles. The summed E-state index contributed by atoms with van der Waals surface area (Å²) in [6, 6.07) is 13.3. The van der Waals surface area contributed by atoms with Gasteiger partial charge in [-0.2, -0.15) is 0 Å². The van der Waals surface area contributed by atoms with E-state index >= 15 is 0 Å². The Bertz CT molecular complexity index is 801. The van der Waals surface area contributed by atoms with Gasteiger partial charge in [-0.15, -0.1) is 0 Å². The highest BCUT2D eigenvalue weighted by Crippen LogP contribution is 2.42. The van der Waals surface area contributed by atoms with E-state index in [4.69, 9.17) is 14.2 Å². The van der Waals surface area contributed by atoms with E-state index in [2.05, 4.69) is 6.58 Å². The molecule has 4 nitrogen and oxygen atoms in total. The summed E-state index contributed by atoms with van der Waals surface area (Å²) in [5.41, 5.74) is 2.54. The molecule has 2 aromatic carbocycles. The van der Waals surface area contributed by atoms with Crippen molar-refractivity contribution in [2.75, 3.05) is 0 Å². The van der Waals surface area contributed by atoms with Crippen molar-refractivity contribution in [1.29, 1.82) is 0 Å². The third-order valence-electron chi connectivity index (χ3n) is 4.73. The zero-order valence-corrected chi connectivity index (χ0v) is 14.0. The number of benzene rings is 2. The van der Waals surface area contributed by atoms with E-state index in [1.165, 1.54) is 0 Å². The van der Waals surface area contributed by atoms with Crippen LogP contribution in [-0.2, 0) is 11.3 Å². The summed E-state index contributed by atoms with van der Waals surface area (Å²) in [7, 11) is 0. The van der Waals surface area contributed by atoms with Gasteiger partial charge < -0.3 is 14.2 Å². The molecule has 0 atom stereocenters. The van der Waals surface area contributed by atoms with Crippen molar-refractivity contribution in [1.82, 2.24) is 0 Å².